The van der Waals surface area contributed by atoms with Crippen molar-refractivity contribution in [2.75, 3.05) is 30.4 Å². The van der Waals surface area contributed by atoms with Gasteiger partial charge >= 0.3 is 0 Å². The lowest BCUT2D eigenvalue weighted by Gasteiger charge is -2.47. The number of anilines is 2. The van der Waals surface area contributed by atoms with Gasteiger partial charge in [0.05, 0.1) is 12.0 Å². The van der Waals surface area contributed by atoms with Gasteiger partial charge in [-0.3, -0.25) is 19.3 Å². The number of carbonyl (C=O) groups excluding carboxylic acids is 3. The zero-order chi connectivity index (χ0) is 26.2. The smallest absolute Gasteiger partial charge is 0.294 e. The molecule has 2 aromatic rings. The van der Waals surface area contributed by atoms with Crippen molar-refractivity contribution in [2.24, 2.45) is 0 Å². The molecule has 0 spiro atoms. The van der Waals surface area contributed by atoms with E-state index in [1.165, 1.54) is 11.3 Å². The second-order valence-corrected chi connectivity index (χ2v) is 11.0. The topological polar surface area (TPSA) is 79.0 Å². The third kappa shape index (κ3) is 5.00. The quantitative estimate of drug-likeness (QED) is 0.499. The summed E-state index contributed by atoms with van der Waals surface area (Å²) in [5, 5.41) is 2.27. The van der Waals surface area contributed by atoms with Gasteiger partial charge in [-0.25, -0.2) is 0 Å². The summed E-state index contributed by atoms with van der Waals surface area (Å²) in [5.41, 5.74) is 5.09. The van der Waals surface area contributed by atoms with Crippen LogP contribution in [0.15, 0.2) is 41.3 Å². The van der Waals surface area contributed by atoms with Crippen LogP contribution in [0.3, 0.4) is 0 Å². The van der Waals surface area contributed by atoms with Crippen LogP contribution in [0.4, 0.5) is 16.2 Å². The molecular formula is C28H33N3O4S. The van der Waals surface area contributed by atoms with Gasteiger partial charge in [-0.05, 0) is 111 Å². The summed E-state index contributed by atoms with van der Waals surface area (Å²) in [6.45, 7) is 11.6. The summed E-state index contributed by atoms with van der Waals surface area (Å²) in [4.78, 5) is 41.9. The number of carbonyl (C=O) groups is 3. The normalized spacial score (nSPS) is 20.1. The molecule has 2 heterocycles. The van der Waals surface area contributed by atoms with Crippen molar-refractivity contribution in [1.29, 1.82) is 0 Å². The summed E-state index contributed by atoms with van der Waals surface area (Å²) in [7, 11) is 1.56. The molecule has 1 fully saturated rings. The van der Waals surface area contributed by atoms with Crippen LogP contribution in [0.1, 0.15) is 56.7 Å². The van der Waals surface area contributed by atoms with Crippen molar-refractivity contribution < 1.29 is 19.1 Å². The maximum absolute atomic E-state index is 13.1. The fraction of sp³-hybridized carbons (Fsp3) is 0.393. The second kappa shape index (κ2) is 10.0. The second-order valence-electron chi connectivity index (χ2n) is 9.97. The fourth-order valence-corrected chi connectivity index (χ4v) is 6.03. The Hall–Kier alpha value is -3.26. The third-order valence-electron chi connectivity index (χ3n) is 6.93. The summed E-state index contributed by atoms with van der Waals surface area (Å²) in [6.07, 6.45) is 2.82. The number of hydrogen-bond acceptors (Lipinski definition) is 6. The molecule has 2 aromatic carbocycles. The average Bonchev–Trinajstić information content (AvgIpc) is 3.07. The molecule has 0 saturated carbocycles. The number of methoxy groups -OCH3 is 1. The van der Waals surface area contributed by atoms with Crippen LogP contribution in [-0.4, -0.2) is 47.7 Å². The van der Waals surface area contributed by atoms with E-state index in [-0.39, 0.29) is 12.1 Å². The van der Waals surface area contributed by atoms with Crippen molar-refractivity contribution in [3.63, 3.8) is 0 Å². The van der Waals surface area contributed by atoms with Crippen LogP contribution in [-0.2, 0) is 9.59 Å². The molecule has 0 radical (unpaired) electrons. The van der Waals surface area contributed by atoms with Crippen molar-refractivity contribution in [3.05, 3.63) is 58.0 Å². The molecule has 190 valence electrons. The van der Waals surface area contributed by atoms with Gasteiger partial charge in [-0.2, -0.15) is 0 Å². The molecule has 8 heteroatoms. The van der Waals surface area contributed by atoms with E-state index in [0.29, 0.717) is 22.3 Å². The van der Waals surface area contributed by atoms with E-state index in [0.717, 1.165) is 40.8 Å². The Morgan fingerprint density at radius 3 is 2.56 bits per heavy atom. The number of hydrogen-bond donors (Lipinski definition) is 1. The van der Waals surface area contributed by atoms with Crippen LogP contribution >= 0.6 is 11.8 Å². The standard InChI is InChI=1S/C28H33N3O4S/c1-7-31-23-12-17(2)19(13-22(23)18(3)15-28(31,4)5)14-24-26(33)30(27(34)36-24)16-25(32)29-20-8-10-21(35-6)11-9-20/h8-14,18H,7,15-16H2,1-6H3,(H,29,32)/b24-14-/t18-/m0/s1. The number of nitrogens with zero attached hydrogens (tertiary/aromatic N) is 2. The summed E-state index contributed by atoms with van der Waals surface area (Å²) < 4.78 is 5.11. The van der Waals surface area contributed by atoms with Gasteiger partial charge in [0.1, 0.15) is 12.3 Å². The zero-order valence-corrected chi connectivity index (χ0v) is 22.5. The van der Waals surface area contributed by atoms with E-state index in [1.54, 1.807) is 37.5 Å². The highest BCUT2D eigenvalue weighted by molar-refractivity contribution is 8.18. The number of nitrogens with one attached hydrogen (secondary N) is 1. The number of amides is 3. The van der Waals surface area contributed by atoms with E-state index in [4.69, 9.17) is 4.74 Å². The molecule has 0 unspecified atom stereocenters. The lowest BCUT2D eigenvalue weighted by atomic mass is 9.79. The van der Waals surface area contributed by atoms with Gasteiger partial charge in [0, 0.05) is 23.5 Å². The number of rotatable bonds is 6. The number of benzene rings is 2. The highest BCUT2D eigenvalue weighted by Gasteiger charge is 2.38. The van der Waals surface area contributed by atoms with Gasteiger partial charge in [0.2, 0.25) is 5.91 Å². The minimum absolute atomic E-state index is 0.0736. The number of aryl methyl sites for hydroxylation is 1. The average molecular weight is 508 g/mol. The highest BCUT2D eigenvalue weighted by Crippen LogP contribution is 2.45. The van der Waals surface area contributed by atoms with Crippen molar-refractivity contribution in [3.8, 4) is 5.75 Å². The molecule has 2 aliphatic rings. The molecular weight excluding hydrogens is 474 g/mol. The van der Waals surface area contributed by atoms with Crippen molar-refractivity contribution in [2.45, 2.75) is 52.5 Å². The van der Waals surface area contributed by atoms with E-state index < -0.39 is 17.1 Å². The lowest BCUT2D eigenvalue weighted by Crippen LogP contribution is -2.48. The minimum atomic E-state index is -0.448. The van der Waals surface area contributed by atoms with Gasteiger partial charge in [-0.1, -0.05) is 6.92 Å². The maximum Gasteiger partial charge on any atom is 0.294 e. The number of fused-ring (bicyclic) bond motifs is 1. The molecule has 4 rings (SSSR count). The SMILES string of the molecule is CCN1c2cc(C)c(/C=C3\SC(=O)N(CC(=O)Nc4ccc(OC)cc4)C3=O)cc2[C@@H](C)CC1(C)C. The van der Waals surface area contributed by atoms with Crippen molar-refractivity contribution in [1.82, 2.24) is 4.90 Å². The fourth-order valence-electron chi connectivity index (χ4n) is 5.20. The minimum Gasteiger partial charge on any atom is -0.497 e. The van der Waals surface area contributed by atoms with E-state index in [9.17, 15) is 14.4 Å². The van der Waals surface area contributed by atoms with E-state index in [2.05, 4.69) is 50.0 Å². The predicted octanol–water partition coefficient (Wildman–Crippen LogP) is 5.79. The van der Waals surface area contributed by atoms with E-state index in [1.807, 2.05) is 6.92 Å². The van der Waals surface area contributed by atoms with Crippen molar-refractivity contribution >= 4 is 46.3 Å². The highest BCUT2D eigenvalue weighted by atomic mass is 32.2. The summed E-state index contributed by atoms with van der Waals surface area (Å²) in [6, 6.07) is 11.2. The van der Waals surface area contributed by atoms with Gasteiger partial charge in [0.25, 0.3) is 11.1 Å². The molecule has 0 aromatic heterocycles. The summed E-state index contributed by atoms with van der Waals surface area (Å²) in [5.74, 6) is 0.158. The Morgan fingerprint density at radius 2 is 1.92 bits per heavy atom. The number of thioether (sulfide) groups is 1. The zero-order valence-electron chi connectivity index (χ0n) is 21.7. The van der Waals surface area contributed by atoms with Crippen LogP contribution in [0.2, 0.25) is 0 Å². The molecule has 1 atom stereocenters. The molecule has 7 nitrogen and oxygen atoms in total. The molecule has 1 saturated heterocycles. The molecule has 36 heavy (non-hydrogen) atoms. The Labute approximate surface area is 216 Å². The van der Waals surface area contributed by atoms with Gasteiger partial charge in [-0.15, -0.1) is 0 Å². The third-order valence-corrected chi connectivity index (χ3v) is 7.83. The van der Waals surface area contributed by atoms with E-state index >= 15 is 0 Å². The predicted molar refractivity (Wildman–Crippen MR) is 146 cm³/mol. The number of imide groups is 1. The van der Waals surface area contributed by atoms with Crippen LogP contribution in [0.5, 0.6) is 5.75 Å². The molecule has 0 aliphatic carbocycles. The maximum atomic E-state index is 13.1. The Morgan fingerprint density at radius 1 is 1.22 bits per heavy atom. The van der Waals surface area contributed by atoms with Gasteiger partial charge in [0.15, 0.2) is 0 Å². The lowest BCUT2D eigenvalue weighted by molar-refractivity contribution is -0.127. The Kier molecular flexibility index (Phi) is 7.18. The first kappa shape index (κ1) is 25.8. The van der Waals surface area contributed by atoms with Crippen LogP contribution in [0, 0.1) is 6.92 Å². The largest absolute Gasteiger partial charge is 0.497 e. The first-order valence-corrected chi connectivity index (χ1v) is 13.0. The van der Waals surface area contributed by atoms with Gasteiger partial charge < -0.3 is 15.0 Å². The van der Waals surface area contributed by atoms with Crippen LogP contribution < -0.4 is 15.0 Å². The first-order chi connectivity index (χ1) is 17.0. The molecule has 1 N–H and O–H groups in total. The number of ether oxygens (including phenoxy) is 1. The van der Waals surface area contributed by atoms with Crippen LogP contribution in [0.25, 0.3) is 6.08 Å². The molecule has 2 aliphatic heterocycles. The first-order valence-electron chi connectivity index (χ1n) is 12.2. The Bertz CT molecular complexity index is 1240. The summed E-state index contributed by atoms with van der Waals surface area (Å²) >= 11 is 0.873. The molecule has 0 bridgehead atoms. The molecule has 3 amide bonds. The Balaban J connectivity index is 1.53. The monoisotopic (exact) mass is 507 g/mol.